The normalized spacial score (nSPS) is 13.1. The van der Waals surface area contributed by atoms with Crippen LogP contribution in [0.4, 0.5) is 17.1 Å². The van der Waals surface area contributed by atoms with Crippen molar-refractivity contribution >= 4 is 60.4 Å². The Balaban J connectivity index is 1.15. The molecule has 9 aromatic carbocycles. The number of para-hydroxylation sites is 2. The van der Waals surface area contributed by atoms with Gasteiger partial charge in [-0.15, -0.1) is 0 Å². The van der Waals surface area contributed by atoms with E-state index in [1.54, 1.807) is 0 Å². The van der Waals surface area contributed by atoms with E-state index >= 15 is 0 Å². The van der Waals surface area contributed by atoms with Crippen LogP contribution in [0.5, 0.6) is 0 Å². The number of benzene rings is 9. The first-order valence-corrected chi connectivity index (χ1v) is 19.6. The van der Waals surface area contributed by atoms with E-state index in [2.05, 4.69) is 218 Å². The van der Waals surface area contributed by atoms with Crippen molar-refractivity contribution in [3.05, 3.63) is 205 Å². The minimum absolute atomic E-state index is 0.261. The van der Waals surface area contributed by atoms with E-state index < -0.39 is 0 Å². The third-order valence-electron chi connectivity index (χ3n) is 12.2. The summed E-state index contributed by atoms with van der Waals surface area (Å²) in [5.41, 5.74) is 15.9. The zero-order valence-electron chi connectivity index (χ0n) is 31.8. The SMILES string of the molecule is Cc1ccc2c(c1)c1cccc(-c3ccccc3)c1n2-c1ccc2c(c1)C(C)(C)c1cc(N(c3ccccc3)c3ccc4ccccc4c3)c3ccccc3c1-2. The van der Waals surface area contributed by atoms with Crippen LogP contribution in [-0.2, 0) is 5.41 Å². The van der Waals surface area contributed by atoms with Crippen LogP contribution in [-0.4, -0.2) is 4.57 Å². The fraction of sp³-hybridized carbons (Fsp3) is 0.0741. The second-order valence-corrected chi connectivity index (χ2v) is 15.8. The van der Waals surface area contributed by atoms with Crippen LogP contribution in [0.1, 0.15) is 30.5 Å². The summed E-state index contributed by atoms with van der Waals surface area (Å²) in [6, 6.07) is 69.5. The number of anilines is 3. The highest BCUT2D eigenvalue weighted by atomic mass is 15.1. The summed E-state index contributed by atoms with van der Waals surface area (Å²) in [6.45, 7) is 7.01. The fourth-order valence-electron chi connectivity index (χ4n) is 9.50. The second-order valence-electron chi connectivity index (χ2n) is 15.8. The van der Waals surface area contributed by atoms with Crippen molar-refractivity contribution in [1.29, 1.82) is 0 Å². The Morgan fingerprint density at radius 1 is 0.464 bits per heavy atom. The summed E-state index contributed by atoms with van der Waals surface area (Å²) in [7, 11) is 0. The van der Waals surface area contributed by atoms with E-state index in [0.717, 1.165) is 11.4 Å². The maximum Gasteiger partial charge on any atom is 0.0619 e. The van der Waals surface area contributed by atoms with Crippen LogP contribution in [0, 0.1) is 6.92 Å². The summed E-state index contributed by atoms with van der Waals surface area (Å²) in [6.07, 6.45) is 0. The summed E-state index contributed by atoms with van der Waals surface area (Å²) in [5, 5.41) is 7.54. The van der Waals surface area contributed by atoms with Crippen molar-refractivity contribution in [3.8, 4) is 27.9 Å². The van der Waals surface area contributed by atoms with Gasteiger partial charge in [0.25, 0.3) is 0 Å². The van der Waals surface area contributed by atoms with Gasteiger partial charge in [0.15, 0.2) is 0 Å². The molecule has 1 aromatic heterocycles. The van der Waals surface area contributed by atoms with Crippen LogP contribution in [0.25, 0.3) is 71.3 Å². The van der Waals surface area contributed by atoms with Crippen molar-refractivity contribution in [2.45, 2.75) is 26.2 Å². The van der Waals surface area contributed by atoms with E-state index in [9.17, 15) is 0 Å². The number of nitrogens with zero attached hydrogens (tertiary/aromatic N) is 2. The lowest BCUT2D eigenvalue weighted by Gasteiger charge is -2.30. The van der Waals surface area contributed by atoms with Gasteiger partial charge in [-0.1, -0.05) is 153 Å². The van der Waals surface area contributed by atoms with Gasteiger partial charge in [-0.05, 0) is 105 Å². The molecular formula is C54H40N2. The van der Waals surface area contributed by atoms with Gasteiger partial charge < -0.3 is 9.47 Å². The predicted molar refractivity (Wildman–Crippen MR) is 238 cm³/mol. The van der Waals surface area contributed by atoms with Crippen molar-refractivity contribution in [2.24, 2.45) is 0 Å². The Bertz CT molecular complexity index is 3170. The maximum absolute atomic E-state index is 2.51. The smallest absolute Gasteiger partial charge is 0.0619 e. The second kappa shape index (κ2) is 12.3. The van der Waals surface area contributed by atoms with Crippen molar-refractivity contribution in [3.63, 3.8) is 0 Å². The van der Waals surface area contributed by atoms with Gasteiger partial charge >= 0.3 is 0 Å². The minimum atomic E-state index is -0.261. The first-order valence-electron chi connectivity index (χ1n) is 19.6. The molecule has 0 aliphatic heterocycles. The molecule has 266 valence electrons. The molecule has 0 bridgehead atoms. The Labute approximate surface area is 327 Å². The summed E-state index contributed by atoms with van der Waals surface area (Å²) >= 11 is 0. The molecule has 1 aliphatic carbocycles. The number of aryl methyl sites for hydroxylation is 1. The molecule has 0 fully saturated rings. The molecule has 2 nitrogen and oxygen atoms in total. The van der Waals surface area contributed by atoms with E-state index in [4.69, 9.17) is 0 Å². The summed E-state index contributed by atoms with van der Waals surface area (Å²) < 4.78 is 2.51. The first-order chi connectivity index (χ1) is 27.5. The lowest BCUT2D eigenvalue weighted by Crippen LogP contribution is -2.17. The van der Waals surface area contributed by atoms with Gasteiger partial charge in [0.2, 0.25) is 0 Å². The quantitative estimate of drug-likeness (QED) is 0.172. The summed E-state index contributed by atoms with van der Waals surface area (Å²) in [4.78, 5) is 2.45. The van der Waals surface area contributed by atoms with Gasteiger partial charge in [0.05, 0.1) is 16.7 Å². The average Bonchev–Trinajstić information content (AvgIpc) is 3.69. The van der Waals surface area contributed by atoms with E-state index in [-0.39, 0.29) is 5.41 Å². The van der Waals surface area contributed by atoms with Gasteiger partial charge in [-0.2, -0.15) is 0 Å². The highest BCUT2D eigenvalue weighted by Crippen LogP contribution is 2.55. The lowest BCUT2D eigenvalue weighted by atomic mass is 9.81. The van der Waals surface area contributed by atoms with Crippen LogP contribution in [0.15, 0.2) is 188 Å². The highest BCUT2D eigenvalue weighted by molar-refractivity contribution is 6.14. The molecule has 1 heterocycles. The lowest BCUT2D eigenvalue weighted by molar-refractivity contribution is 0.660. The van der Waals surface area contributed by atoms with Crippen LogP contribution in [0.2, 0.25) is 0 Å². The van der Waals surface area contributed by atoms with Gasteiger partial charge in [-0.25, -0.2) is 0 Å². The molecule has 10 aromatic rings. The Kier molecular flexibility index (Phi) is 7.15. The van der Waals surface area contributed by atoms with Gasteiger partial charge in [0.1, 0.15) is 0 Å². The Hall–Kier alpha value is -6.90. The minimum Gasteiger partial charge on any atom is -0.310 e. The molecule has 0 saturated heterocycles. The van der Waals surface area contributed by atoms with Gasteiger partial charge in [0, 0.05) is 44.2 Å². The monoisotopic (exact) mass is 716 g/mol. The fourth-order valence-corrected chi connectivity index (χ4v) is 9.50. The third kappa shape index (κ3) is 4.82. The third-order valence-corrected chi connectivity index (χ3v) is 12.2. The van der Waals surface area contributed by atoms with E-state index in [1.807, 2.05) is 0 Å². The zero-order chi connectivity index (χ0) is 37.5. The molecule has 1 aliphatic rings. The Morgan fingerprint density at radius 3 is 2.00 bits per heavy atom. The molecule has 0 amide bonds. The topological polar surface area (TPSA) is 8.17 Å². The number of rotatable bonds is 5. The maximum atomic E-state index is 2.51. The molecule has 0 unspecified atom stereocenters. The number of aromatic nitrogens is 1. The van der Waals surface area contributed by atoms with E-state index in [0.29, 0.717) is 0 Å². The van der Waals surface area contributed by atoms with Crippen LogP contribution in [0.3, 0.4) is 0 Å². The van der Waals surface area contributed by atoms with Crippen molar-refractivity contribution < 1.29 is 0 Å². The molecule has 0 atom stereocenters. The standard InChI is InChI=1S/C54H40N2/c1-35-25-30-50-47(31-35)45-24-14-23-42(37-16-6-4-7-17-37)53(45)56(50)41-28-29-46-48(33-41)54(2,3)49-34-51(43-21-12-13-22-44(43)52(46)49)55(39-19-8-5-9-20-39)40-27-26-36-15-10-11-18-38(36)32-40/h4-34H,1-3H3. The van der Waals surface area contributed by atoms with Gasteiger partial charge in [-0.3, -0.25) is 0 Å². The largest absolute Gasteiger partial charge is 0.310 e. The molecule has 11 rings (SSSR count). The number of fused-ring (bicyclic) bond motifs is 9. The van der Waals surface area contributed by atoms with Crippen LogP contribution < -0.4 is 4.90 Å². The zero-order valence-corrected chi connectivity index (χ0v) is 31.8. The average molecular weight is 717 g/mol. The first kappa shape index (κ1) is 32.5. The molecule has 56 heavy (non-hydrogen) atoms. The van der Waals surface area contributed by atoms with E-state index in [1.165, 1.54) is 93.7 Å². The number of hydrogen-bond donors (Lipinski definition) is 0. The predicted octanol–water partition coefficient (Wildman–Crippen LogP) is 14.8. The number of hydrogen-bond acceptors (Lipinski definition) is 1. The molecule has 0 radical (unpaired) electrons. The molecule has 0 saturated carbocycles. The van der Waals surface area contributed by atoms with Crippen molar-refractivity contribution in [1.82, 2.24) is 4.57 Å². The molecule has 0 N–H and O–H groups in total. The summed E-state index contributed by atoms with van der Waals surface area (Å²) in [5.74, 6) is 0. The van der Waals surface area contributed by atoms with Crippen LogP contribution >= 0.6 is 0 Å². The van der Waals surface area contributed by atoms with Crippen molar-refractivity contribution in [2.75, 3.05) is 4.90 Å². The highest BCUT2D eigenvalue weighted by Gasteiger charge is 2.38. The molecule has 0 spiro atoms. The molecular weight excluding hydrogens is 677 g/mol. The Morgan fingerprint density at radius 2 is 1.18 bits per heavy atom. The molecule has 2 heteroatoms.